The molecule has 1 aromatic heterocycles. The Morgan fingerprint density at radius 1 is 1.06 bits per heavy atom. The number of alkyl halides is 3. The summed E-state index contributed by atoms with van der Waals surface area (Å²) in [4.78, 5) is 29.7. The van der Waals surface area contributed by atoms with Crippen LogP contribution in [0.5, 0.6) is 0 Å². The Labute approximate surface area is 205 Å². The fraction of sp³-hybridized carbons (Fsp3) is 0.259. The maximum Gasteiger partial charge on any atom is 0.416 e. The molecule has 4 nitrogen and oxygen atoms in total. The second kappa shape index (κ2) is 9.00. The Bertz CT molecular complexity index is 1300. The molecule has 1 N–H and O–H groups in total. The molecular weight excluding hydrogens is 473 g/mol. The lowest BCUT2D eigenvalue weighted by molar-refractivity contribution is -0.137. The van der Waals surface area contributed by atoms with E-state index in [-0.39, 0.29) is 30.4 Å². The molecule has 3 aromatic rings. The minimum Gasteiger partial charge on any atom is -0.357 e. The van der Waals surface area contributed by atoms with E-state index in [1.165, 1.54) is 12.1 Å². The van der Waals surface area contributed by atoms with E-state index in [1.807, 2.05) is 29.6 Å². The molecule has 2 aliphatic rings. The fourth-order valence-corrected chi connectivity index (χ4v) is 5.76. The zero-order valence-electron chi connectivity index (χ0n) is 18.9. The number of rotatable bonds is 3. The summed E-state index contributed by atoms with van der Waals surface area (Å²) in [5.74, 6) is -0.322. The number of anilines is 2. The number of halogens is 3. The van der Waals surface area contributed by atoms with Gasteiger partial charge in [-0.1, -0.05) is 37.3 Å². The van der Waals surface area contributed by atoms with Crippen LogP contribution in [-0.4, -0.2) is 11.7 Å². The number of hydrogen-bond acceptors (Lipinski definition) is 4. The van der Waals surface area contributed by atoms with Gasteiger partial charge in [0.15, 0.2) is 5.78 Å². The van der Waals surface area contributed by atoms with Crippen LogP contribution in [-0.2, 0) is 15.8 Å². The zero-order valence-corrected chi connectivity index (χ0v) is 19.7. The molecule has 2 atom stereocenters. The molecule has 1 amide bonds. The van der Waals surface area contributed by atoms with Crippen molar-refractivity contribution in [1.29, 1.82) is 0 Å². The number of benzene rings is 2. The van der Waals surface area contributed by atoms with Crippen molar-refractivity contribution in [1.82, 2.24) is 0 Å². The van der Waals surface area contributed by atoms with E-state index in [4.69, 9.17) is 0 Å². The Hall–Kier alpha value is -3.39. The summed E-state index contributed by atoms with van der Waals surface area (Å²) >= 11 is 1.60. The van der Waals surface area contributed by atoms with Crippen LogP contribution in [0.3, 0.4) is 0 Å². The summed E-state index contributed by atoms with van der Waals surface area (Å²) in [5, 5.41) is 5.40. The van der Waals surface area contributed by atoms with Crippen LogP contribution in [0.4, 0.5) is 24.5 Å². The van der Waals surface area contributed by atoms with Gasteiger partial charge in [0.05, 0.1) is 23.0 Å². The normalized spacial score (nSPS) is 20.1. The zero-order chi connectivity index (χ0) is 24.7. The monoisotopic (exact) mass is 496 g/mol. The molecule has 0 fully saturated rings. The Balaban J connectivity index is 1.70. The van der Waals surface area contributed by atoms with Crippen molar-refractivity contribution in [2.75, 3.05) is 10.2 Å². The number of nitrogens with one attached hydrogen (secondary N) is 1. The molecular formula is C27H23F3N2O2S. The molecule has 2 unspecified atom stereocenters. The number of carbonyl (C=O) groups excluding carboxylic acids is 2. The summed E-state index contributed by atoms with van der Waals surface area (Å²) in [6.45, 7) is 1.73. The summed E-state index contributed by atoms with van der Waals surface area (Å²) in [6, 6.07) is 15.2. The van der Waals surface area contributed by atoms with E-state index >= 15 is 0 Å². The van der Waals surface area contributed by atoms with Gasteiger partial charge in [0.1, 0.15) is 0 Å². The standard InChI is InChI=1S/C27H23F3N2O2S/c1-2-24(34)32-21-7-4-3-6-19(21)31-20-14-17(23-8-5-13-35-23)15-22(33)25(20)26(32)16-9-11-18(12-10-16)27(28,29)30/h3-13,17,26,31H,2,14-15H2,1H3. The Kier molecular flexibility index (Phi) is 6.01. The molecule has 0 radical (unpaired) electrons. The maximum atomic E-state index is 13.7. The highest BCUT2D eigenvalue weighted by molar-refractivity contribution is 7.10. The highest BCUT2D eigenvalue weighted by Crippen LogP contribution is 2.48. The fourth-order valence-electron chi connectivity index (χ4n) is 4.93. The van der Waals surface area contributed by atoms with Crippen molar-refractivity contribution in [3.05, 3.63) is 93.3 Å². The molecule has 35 heavy (non-hydrogen) atoms. The molecule has 0 saturated carbocycles. The number of para-hydroxylation sites is 2. The predicted molar refractivity (Wildman–Crippen MR) is 130 cm³/mol. The lowest BCUT2D eigenvalue weighted by Crippen LogP contribution is -2.38. The van der Waals surface area contributed by atoms with Crippen molar-refractivity contribution in [3.63, 3.8) is 0 Å². The van der Waals surface area contributed by atoms with Gasteiger partial charge in [0.25, 0.3) is 0 Å². The van der Waals surface area contributed by atoms with E-state index in [2.05, 4.69) is 5.32 Å². The van der Waals surface area contributed by atoms with Crippen molar-refractivity contribution in [3.8, 4) is 0 Å². The average molecular weight is 497 g/mol. The number of allylic oxidation sites excluding steroid dienone is 1. The van der Waals surface area contributed by atoms with Gasteiger partial charge in [0, 0.05) is 34.9 Å². The van der Waals surface area contributed by atoms with Crippen LogP contribution in [0.2, 0.25) is 0 Å². The van der Waals surface area contributed by atoms with Gasteiger partial charge < -0.3 is 5.32 Å². The lowest BCUT2D eigenvalue weighted by Gasteiger charge is -2.35. The summed E-state index contributed by atoms with van der Waals surface area (Å²) in [5.41, 5.74) is 2.13. The van der Waals surface area contributed by atoms with Crippen molar-refractivity contribution in [2.45, 2.75) is 44.3 Å². The van der Waals surface area contributed by atoms with E-state index in [9.17, 15) is 22.8 Å². The van der Waals surface area contributed by atoms with Crippen LogP contribution < -0.4 is 10.2 Å². The molecule has 0 saturated heterocycles. The van der Waals surface area contributed by atoms with Gasteiger partial charge in [-0.15, -0.1) is 11.3 Å². The van der Waals surface area contributed by atoms with Crippen molar-refractivity contribution < 1.29 is 22.8 Å². The SMILES string of the molecule is CCC(=O)N1c2ccccc2NC2=C(C(=O)CC(c3cccs3)C2)C1c1ccc(C(F)(F)F)cc1. The van der Waals surface area contributed by atoms with Crippen LogP contribution in [0.15, 0.2) is 77.3 Å². The average Bonchev–Trinajstić information content (AvgIpc) is 3.33. The molecule has 1 aliphatic heterocycles. The van der Waals surface area contributed by atoms with Gasteiger partial charge in [-0.05, 0) is 47.7 Å². The molecule has 180 valence electrons. The quantitative estimate of drug-likeness (QED) is 0.422. The maximum absolute atomic E-state index is 13.7. The molecule has 1 aliphatic carbocycles. The summed E-state index contributed by atoms with van der Waals surface area (Å²) in [7, 11) is 0. The minimum atomic E-state index is -4.48. The number of fused-ring (bicyclic) bond motifs is 1. The lowest BCUT2D eigenvalue weighted by atomic mass is 9.80. The van der Waals surface area contributed by atoms with E-state index in [0.29, 0.717) is 34.6 Å². The number of ketones is 1. The number of nitrogens with zero attached hydrogens (tertiary/aromatic N) is 1. The largest absolute Gasteiger partial charge is 0.416 e. The highest BCUT2D eigenvalue weighted by Gasteiger charge is 2.41. The number of amides is 1. The molecule has 5 rings (SSSR count). The van der Waals surface area contributed by atoms with Crippen LogP contribution in [0.25, 0.3) is 0 Å². The number of Topliss-reactive ketones (excluding diaryl/α,β-unsaturated/α-hetero) is 1. The van der Waals surface area contributed by atoms with Gasteiger partial charge in [-0.2, -0.15) is 13.2 Å². The third-order valence-corrected chi connectivity index (χ3v) is 7.59. The Morgan fingerprint density at radius 3 is 2.46 bits per heavy atom. The van der Waals surface area contributed by atoms with Gasteiger partial charge in [0.2, 0.25) is 5.91 Å². The molecule has 2 aromatic carbocycles. The first-order chi connectivity index (χ1) is 16.8. The molecule has 2 heterocycles. The van der Waals surface area contributed by atoms with Crippen LogP contribution >= 0.6 is 11.3 Å². The van der Waals surface area contributed by atoms with Crippen molar-refractivity contribution >= 4 is 34.4 Å². The van der Waals surface area contributed by atoms with Gasteiger partial charge in [-0.3, -0.25) is 14.5 Å². The minimum absolute atomic E-state index is 0.00240. The third kappa shape index (κ3) is 4.27. The van der Waals surface area contributed by atoms with E-state index in [0.717, 1.165) is 17.0 Å². The number of thiophene rings is 1. The molecule has 0 spiro atoms. The Morgan fingerprint density at radius 2 is 1.80 bits per heavy atom. The third-order valence-electron chi connectivity index (χ3n) is 6.56. The van der Waals surface area contributed by atoms with E-state index < -0.39 is 17.8 Å². The smallest absolute Gasteiger partial charge is 0.357 e. The second-order valence-corrected chi connectivity index (χ2v) is 9.70. The van der Waals surface area contributed by atoms with Crippen LogP contribution in [0.1, 0.15) is 54.1 Å². The van der Waals surface area contributed by atoms with Crippen LogP contribution in [0, 0.1) is 0 Å². The topological polar surface area (TPSA) is 49.4 Å². The number of carbonyl (C=O) groups is 2. The van der Waals surface area contributed by atoms with E-state index in [1.54, 1.807) is 35.3 Å². The van der Waals surface area contributed by atoms with Gasteiger partial charge >= 0.3 is 6.18 Å². The molecule has 8 heteroatoms. The summed E-state index contributed by atoms with van der Waals surface area (Å²) < 4.78 is 39.8. The van der Waals surface area contributed by atoms with Crippen molar-refractivity contribution in [2.24, 2.45) is 0 Å². The second-order valence-electron chi connectivity index (χ2n) is 8.72. The first kappa shape index (κ1) is 23.4. The molecule has 0 bridgehead atoms. The van der Waals surface area contributed by atoms with Gasteiger partial charge in [-0.25, -0.2) is 0 Å². The predicted octanol–water partition coefficient (Wildman–Crippen LogP) is 7.08. The first-order valence-electron chi connectivity index (χ1n) is 11.4. The summed E-state index contributed by atoms with van der Waals surface area (Å²) in [6.07, 6.45) is -3.45. The number of hydrogen-bond donors (Lipinski definition) is 1. The highest BCUT2D eigenvalue weighted by atomic mass is 32.1. The first-order valence-corrected chi connectivity index (χ1v) is 12.3.